The molecule has 0 N–H and O–H groups in total. The van der Waals surface area contributed by atoms with Gasteiger partial charge in [-0.15, -0.1) is 0 Å². The van der Waals surface area contributed by atoms with Crippen molar-refractivity contribution < 1.29 is 9.53 Å². The summed E-state index contributed by atoms with van der Waals surface area (Å²) in [6.07, 6.45) is 1.98. The Morgan fingerprint density at radius 2 is 1.78 bits per heavy atom. The number of rotatable bonds is 3. The van der Waals surface area contributed by atoms with E-state index in [1.165, 1.54) is 0 Å². The summed E-state index contributed by atoms with van der Waals surface area (Å²) < 4.78 is 6.73. The van der Waals surface area contributed by atoms with E-state index in [1.807, 2.05) is 72.5 Å². The SMILES string of the molecule is C[C@H](c1ccccc1)N1CC=C(c2ccc(Br)cc2)OCC1=O. The lowest BCUT2D eigenvalue weighted by atomic mass is 10.1. The average Bonchev–Trinajstić information content (AvgIpc) is 2.78. The Morgan fingerprint density at radius 3 is 2.48 bits per heavy atom. The number of carbonyl (C=O) groups excluding carboxylic acids is 1. The van der Waals surface area contributed by atoms with Gasteiger partial charge in [0.15, 0.2) is 6.61 Å². The van der Waals surface area contributed by atoms with E-state index in [1.54, 1.807) is 0 Å². The van der Waals surface area contributed by atoms with E-state index in [0.29, 0.717) is 6.54 Å². The Hall–Kier alpha value is -2.07. The van der Waals surface area contributed by atoms with Gasteiger partial charge in [-0.2, -0.15) is 0 Å². The molecule has 0 spiro atoms. The molecule has 1 aliphatic rings. The van der Waals surface area contributed by atoms with Crippen LogP contribution in [-0.4, -0.2) is 24.0 Å². The Labute approximate surface area is 144 Å². The van der Waals surface area contributed by atoms with E-state index in [-0.39, 0.29) is 18.6 Å². The van der Waals surface area contributed by atoms with Crippen LogP contribution < -0.4 is 0 Å². The minimum absolute atomic E-state index is 0.00437. The largest absolute Gasteiger partial charge is 0.483 e. The Bertz CT molecular complexity index is 710. The van der Waals surface area contributed by atoms with E-state index >= 15 is 0 Å². The monoisotopic (exact) mass is 371 g/mol. The van der Waals surface area contributed by atoms with Crippen molar-refractivity contribution >= 4 is 27.6 Å². The molecule has 0 aromatic heterocycles. The molecule has 0 unspecified atom stereocenters. The maximum Gasteiger partial charge on any atom is 0.261 e. The van der Waals surface area contributed by atoms with Gasteiger partial charge in [0.1, 0.15) is 5.76 Å². The second-order valence-corrected chi connectivity index (χ2v) is 6.41. The van der Waals surface area contributed by atoms with Gasteiger partial charge < -0.3 is 9.64 Å². The highest BCUT2D eigenvalue weighted by Crippen LogP contribution is 2.25. The highest BCUT2D eigenvalue weighted by atomic mass is 79.9. The van der Waals surface area contributed by atoms with Crippen molar-refractivity contribution in [3.05, 3.63) is 76.3 Å². The van der Waals surface area contributed by atoms with E-state index < -0.39 is 0 Å². The third-order valence-electron chi connectivity index (χ3n) is 4.02. The maximum atomic E-state index is 12.4. The first-order valence-corrected chi connectivity index (χ1v) is 8.38. The van der Waals surface area contributed by atoms with Gasteiger partial charge in [-0.05, 0) is 30.7 Å². The van der Waals surface area contributed by atoms with Crippen molar-refractivity contribution in [3.63, 3.8) is 0 Å². The zero-order valence-electron chi connectivity index (χ0n) is 12.9. The van der Waals surface area contributed by atoms with Crippen LogP contribution in [0.25, 0.3) is 5.76 Å². The lowest BCUT2D eigenvalue weighted by Gasteiger charge is -2.27. The quantitative estimate of drug-likeness (QED) is 0.799. The van der Waals surface area contributed by atoms with Crippen molar-refractivity contribution in [1.29, 1.82) is 0 Å². The fourth-order valence-electron chi connectivity index (χ4n) is 2.67. The minimum atomic E-state index is 0.00437. The Balaban J connectivity index is 1.81. The molecular formula is C19H18BrNO2. The van der Waals surface area contributed by atoms with Gasteiger partial charge in [0.05, 0.1) is 6.04 Å². The molecule has 2 aromatic rings. The van der Waals surface area contributed by atoms with E-state index in [2.05, 4.69) is 15.9 Å². The molecule has 0 radical (unpaired) electrons. The zero-order valence-corrected chi connectivity index (χ0v) is 14.5. The molecule has 1 heterocycles. The number of halogens is 1. The lowest BCUT2D eigenvalue weighted by Crippen LogP contribution is -2.35. The van der Waals surface area contributed by atoms with Gasteiger partial charge in [0.25, 0.3) is 5.91 Å². The topological polar surface area (TPSA) is 29.5 Å². The molecule has 0 aliphatic carbocycles. The van der Waals surface area contributed by atoms with Crippen LogP contribution in [0, 0.1) is 0 Å². The Morgan fingerprint density at radius 1 is 1.09 bits per heavy atom. The van der Waals surface area contributed by atoms with Gasteiger partial charge in [-0.25, -0.2) is 0 Å². The van der Waals surface area contributed by atoms with Gasteiger partial charge in [0.2, 0.25) is 0 Å². The summed E-state index contributed by atoms with van der Waals surface area (Å²) >= 11 is 3.43. The number of hydrogen-bond donors (Lipinski definition) is 0. The van der Waals surface area contributed by atoms with Crippen molar-refractivity contribution in [2.75, 3.05) is 13.2 Å². The van der Waals surface area contributed by atoms with Crippen molar-refractivity contribution in [1.82, 2.24) is 4.90 Å². The highest BCUT2D eigenvalue weighted by Gasteiger charge is 2.24. The van der Waals surface area contributed by atoms with E-state index in [9.17, 15) is 4.79 Å². The summed E-state index contributed by atoms with van der Waals surface area (Å²) in [7, 11) is 0. The first-order chi connectivity index (χ1) is 11.1. The van der Waals surface area contributed by atoms with Crippen molar-refractivity contribution in [2.45, 2.75) is 13.0 Å². The zero-order chi connectivity index (χ0) is 16.2. The van der Waals surface area contributed by atoms with Crippen molar-refractivity contribution in [3.8, 4) is 0 Å². The van der Waals surface area contributed by atoms with Crippen LogP contribution in [0.4, 0.5) is 0 Å². The predicted molar refractivity (Wildman–Crippen MR) is 94.6 cm³/mol. The van der Waals surface area contributed by atoms with Crippen LogP contribution in [0.1, 0.15) is 24.1 Å². The Kier molecular flexibility index (Phi) is 4.82. The van der Waals surface area contributed by atoms with Gasteiger partial charge in [-0.1, -0.05) is 58.4 Å². The summed E-state index contributed by atoms with van der Waals surface area (Å²) in [5.74, 6) is 0.762. The molecule has 1 amide bonds. The molecule has 3 nitrogen and oxygen atoms in total. The number of amides is 1. The van der Waals surface area contributed by atoms with Crippen LogP contribution in [0.5, 0.6) is 0 Å². The normalized spacial score (nSPS) is 16.3. The fourth-order valence-corrected chi connectivity index (χ4v) is 2.93. The minimum Gasteiger partial charge on any atom is -0.483 e. The second kappa shape index (κ2) is 7.01. The van der Waals surface area contributed by atoms with E-state index in [4.69, 9.17) is 4.74 Å². The first-order valence-electron chi connectivity index (χ1n) is 7.58. The molecule has 118 valence electrons. The molecule has 4 heteroatoms. The van der Waals surface area contributed by atoms with Gasteiger partial charge in [-0.3, -0.25) is 4.79 Å². The molecule has 0 saturated heterocycles. The van der Waals surface area contributed by atoms with E-state index in [0.717, 1.165) is 21.4 Å². The summed E-state index contributed by atoms with van der Waals surface area (Å²) in [5.41, 5.74) is 2.11. The number of ether oxygens (including phenoxy) is 1. The van der Waals surface area contributed by atoms with Crippen LogP contribution in [-0.2, 0) is 9.53 Å². The standard InChI is InChI=1S/C19H18BrNO2/c1-14(15-5-3-2-4-6-15)21-12-11-18(23-13-19(21)22)16-7-9-17(20)10-8-16/h2-11,14H,12-13H2,1H3/t14-/m1/s1. The van der Waals surface area contributed by atoms with Crippen LogP contribution in [0.15, 0.2) is 65.1 Å². The van der Waals surface area contributed by atoms with Crippen molar-refractivity contribution in [2.24, 2.45) is 0 Å². The second-order valence-electron chi connectivity index (χ2n) is 5.50. The molecule has 1 atom stereocenters. The molecule has 0 saturated carbocycles. The van der Waals surface area contributed by atoms with Crippen LogP contribution in [0.2, 0.25) is 0 Å². The molecule has 3 rings (SSSR count). The summed E-state index contributed by atoms with van der Waals surface area (Å²) in [5, 5.41) is 0. The van der Waals surface area contributed by atoms with Crippen LogP contribution in [0.3, 0.4) is 0 Å². The summed E-state index contributed by atoms with van der Waals surface area (Å²) in [6, 6.07) is 18.0. The third-order valence-corrected chi connectivity index (χ3v) is 4.55. The fraction of sp³-hybridized carbons (Fsp3) is 0.211. The first kappa shape index (κ1) is 15.8. The van der Waals surface area contributed by atoms with Crippen LogP contribution >= 0.6 is 15.9 Å². The molecule has 1 aliphatic heterocycles. The number of benzene rings is 2. The summed E-state index contributed by atoms with van der Waals surface area (Å²) in [6.45, 7) is 2.66. The molecule has 0 fully saturated rings. The number of carbonyl (C=O) groups is 1. The molecule has 23 heavy (non-hydrogen) atoms. The maximum absolute atomic E-state index is 12.4. The molecule has 2 aromatic carbocycles. The van der Waals surface area contributed by atoms with Gasteiger partial charge >= 0.3 is 0 Å². The predicted octanol–water partition coefficient (Wildman–Crippen LogP) is 4.41. The number of hydrogen-bond acceptors (Lipinski definition) is 2. The molecule has 0 bridgehead atoms. The van der Waals surface area contributed by atoms with Gasteiger partial charge in [0, 0.05) is 16.6 Å². The number of nitrogens with zero attached hydrogens (tertiary/aromatic N) is 1. The highest BCUT2D eigenvalue weighted by molar-refractivity contribution is 9.10. The smallest absolute Gasteiger partial charge is 0.261 e. The lowest BCUT2D eigenvalue weighted by molar-refractivity contribution is -0.135. The third kappa shape index (κ3) is 3.64. The summed E-state index contributed by atoms with van der Waals surface area (Å²) in [4.78, 5) is 14.3. The average molecular weight is 372 g/mol. The molecular weight excluding hydrogens is 354 g/mol.